The Labute approximate surface area is 135 Å². The number of carbonyl (C=O) groups excluding carboxylic acids is 1. The second kappa shape index (κ2) is 6.89. The summed E-state index contributed by atoms with van der Waals surface area (Å²) in [5.74, 6) is -0.0981. The van der Waals surface area contributed by atoms with Crippen molar-refractivity contribution in [2.24, 2.45) is 5.92 Å². The van der Waals surface area contributed by atoms with Crippen LogP contribution in [0.1, 0.15) is 31.2 Å². The molecule has 6 nitrogen and oxygen atoms in total. The summed E-state index contributed by atoms with van der Waals surface area (Å²) in [6.45, 7) is 0.463. The highest BCUT2D eigenvalue weighted by molar-refractivity contribution is 5.74. The molecule has 6 heteroatoms. The number of nitrogens with one attached hydrogen (secondary N) is 2. The number of fused-ring (bicyclic) bond motifs is 1. The molecule has 2 amide bonds. The van der Waals surface area contributed by atoms with Crippen LogP contribution in [0.3, 0.4) is 0 Å². The van der Waals surface area contributed by atoms with Crippen LogP contribution in [0.25, 0.3) is 0 Å². The number of carboxylic acids is 1. The van der Waals surface area contributed by atoms with Gasteiger partial charge in [0.1, 0.15) is 11.9 Å². The summed E-state index contributed by atoms with van der Waals surface area (Å²) in [5, 5.41) is 14.7. The fraction of sp³-hybridized carbons (Fsp3) is 0.529. The van der Waals surface area contributed by atoms with Crippen LogP contribution in [-0.2, 0) is 11.2 Å². The number of urea groups is 1. The Morgan fingerprint density at radius 1 is 1.17 bits per heavy atom. The second-order valence-electron chi connectivity index (χ2n) is 6.29. The molecule has 0 aromatic heterocycles. The molecule has 1 saturated carbocycles. The molecule has 1 heterocycles. The van der Waals surface area contributed by atoms with E-state index in [-0.39, 0.29) is 24.1 Å². The minimum atomic E-state index is -0.731. The van der Waals surface area contributed by atoms with Crippen molar-refractivity contribution >= 4 is 12.0 Å². The number of rotatable bonds is 4. The number of carboxylic acid groups (broad SMARTS) is 1. The standard InChI is InChI=1S/C17H22N2O4/c20-16(21)11-5-7-13(8-6-11)19-17(22)18-10-14-9-12-3-1-2-4-15(12)23-14/h1-4,11,13-14H,5-10H2,(H,20,21)(H2,18,19,22). The van der Waals surface area contributed by atoms with Crippen molar-refractivity contribution in [3.05, 3.63) is 29.8 Å². The van der Waals surface area contributed by atoms with Crippen molar-refractivity contribution in [3.63, 3.8) is 0 Å². The van der Waals surface area contributed by atoms with Gasteiger partial charge in [0.05, 0.1) is 12.5 Å². The van der Waals surface area contributed by atoms with E-state index in [9.17, 15) is 9.59 Å². The zero-order chi connectivity index (χ0) is 16.2. The number of aliphatic carboxylic acids is 1. The van der Waals surface area contributed by atoms with Crippen LogP contribution in [0.15, 0.2) is 24.3 Å². The summed E-state index contributed by atoms with van der Waals surface area (Å²) in [5.41, 5.74) is 1.17. The maximum absolute atomic E-state index is 12.0. The van der Waals surface area contributed by atoms with Crippen LogP contribution in [-0.4, -0.2) is 35.8 Å². The topological polar surface area (TPSA) is 87.7 Å². The summed E-state index contributed by atoms with van der Waals surface area (Å²) < 4.78 is 5.78. The van der Waals surface area contributed by atoms with Gasteiger partial charge in [-0.05, 0) is 37.3 Å². The maximum Gasteiger partial charge on any atom is 0.315 e. The van der Waals surface area contributed by atoms with E-state index in [4.69, 9.17) is 9.84 Å². The van der Waals surface area contributed by atoms with Gasteiger partial charge in [-0.2, -0.15) is 0 Å². The highest BCUT2D eigenvalue weighted by Crippen LogP contribution is 2.27. The first kappa shape index (κ1) is 15.6. The van der Waals surface area contributed by atoms with Crippen molar-refractivity contribution in [1.29, 1.82) is 0 Å². The molecule has 1 unspecified atom stereocenters. The van der Waals surface area contributed by atoms with E-state index < -0.39 is 5.97 Å². The number of ether oxygens (including phenoxy) is 1. The molecular weight excluding hydrogens is 296 g/mol. The Bertz CT molecular complexity index is 557. The SMILES string of the molecule is O=C(NCC1Cc2ccccc2O1)NC1CCC(C(=O)O)CC1. The predicted octanol–water partition coefficient (Wildman–Crippen LogP) is 1.93. The molecular formula is C17H22N2O4. The molecule has 1 aromatic rings. The van der Waals surface area contributed by atoms with Crippen LogP contribution in [0.5, 0.6) is 5.75 Å². The quantitative estimate of drug-likeness (QED) is 0.791. The molecule has 23 heavy (non-hydrogen) atoms. The van der Waals surface area contributed by atoms with Crippen LogP contribution in [0, 0.1) is 5.92 Å². The molecule has 0 radical (unpaired) electrons. The molecule has 0 bridgehead atoms. The van der Waals surface area contributed by atoms with Gasteiger partial charge in [-0.25, -0.2) is 4.79 Å². The van der Waals surface area contributed by atoms with E-state index in [1.54, 1.807) is 0 Å². The van der Waals surface area contributed by atoms with E-state index >= 15 is 0 Å². The predicted molar refractivity (Wildman–Crippen MR) is 84.5 cm³/mol. The minimum Gasteiger partial charge on any atom is -0.488 e. The summed E-state index contributed by atoms with van der Waals surface area (Å²) in [4.78, 5) is 22.9. The monoisotopic (exact) mass is 318 g/mol. The second-order valence-corrected chi connectivity index (χ2v) is 6.29. The third kappa shape index (κ3) is 3.94. The van der Waals surface area contributed by atoms with Gasteiger partial charge in [0.15, 0.2) is 0 Å². The molecule has 1 aliphatic carbocycles. The van der Waals surface area contributed by atoms with E-state index in [1.807, 2.05) is 24.3 Å². The summed E-state index contributed by atoms with van der Waals surface area (Å²) in [6.07, 6.45) is 3.47. The lowest BCUT2D eigenvalue weighted by atomic mass is 9.86. The fourth-order valence-corrected chi connectivity index (χ4v) is 3.30. The van der Waals surface area contributed by atoms with Gasteiger partial charge in [0, 0.05) is 12.5 Å². The molecule has 3 rings (SSSR count). The number of amides is 2. The third-order valence-corrected chi connectivity index (χ3v) is 4.62. The van der Waals surface area contributed by atoms with Crippen LogP contribution < -0.4 is 15.4 Å². The third-order valence-electron chi connectivity index (χ3n) is 4.62. The average molecular weight is 318 g/mol. The first-order valence-electron chi connectivity index (χ1n) is 8.13. The highest BCUT2D eigenvalue weighted by Gasteiger charge is 2.27. The molecule has 0 saturated heterocycles. The zero-order valence-electron chi connectivity index (χ0n) is 13.0. The lowest BCUT2D eigenvalue weighted by Gasteiger charge is -2.27. The number of para-hydroxylation sites is 1. The summed E-state index contributed by atoms with van der Waals surface area (Å²) in [7, 11) is 0. The van der Waals surface area contributed by atoms with Crippen molar-refractivity contribution in [3.8, 4) is 5.75 Å². The Hall–Kier alpha value is -2.24. The van der Waals surface area contributed by atoms with E-state index in [0.29, 0.717) is 19.4 Å². The normalized spacial score (nSPS) is 26.0. The minimum absolute atomic E-state index is 0.0269. The number of carbonyl (C=O) groups is 2. The van der Waals surface area contributed by atoms with Gasteiger partial charge >= 0.3 is 12.0 Å². The lowest BCUT2D eigenvalue weighted by molar-refractivity contribution is -0.142. The van der Waals surface area contributed by atoms with Gasteiger partial charge in [-0.1, -0.05) is 18.2 Å². The molecule has 1 fully saturated rings. The number of hydrogen-bond acceptors (Lipinski definition) is 3. The molecule has 124 valence electrons. The first-order chi connectivity index (χ1) is 11.1. The maximum atomic E-state index is 12.0. The molecule has 3 N–H and O–H groups in total. The van der Waals surface area contributed by atoms with Gasteiger partial charge in [0.2, 0.25) is 0 Å². The summed E-state index contributed by atoms with van der Waals surface area (Å²) >= 11 is 0. The zero-order valence-corrected chi connectivity index (χ0v) is 13.0. The Morgan fingerprint density at radius 2 is 1.91 bits per heavy atom. The van der Waals surface area contributed by atoms with E-state index in [1.165, 1.54) is 5.56 Å². The van der Waals surface area contributed by atoms with Gasteiger partial charge < -0.3 is 20.5 Å². The molecule has 0 spiro atoms. The van der Waals surface area contributed by atoms with Crippen LogP contribution in [0.2, 0.25) is 0 Å². The fourth-order valence-electron chi connectivity index (χ4n) is 3.30. The highest BCUT2D eigenvalue weighted by atomic mass is 16.5. The van der Waals surface area contributed by atoms with Crippen LogP contribution >= 0.6 is 0 Å². The van der Waals surface area contributed by atoms with Gasteiger partial charge in [-0.3, -0.25) is 4.79 Å². The Kier molecular flexibility index (Phi) is 4.69. The lowest BCUT2D eigenvalue weighted by Crippen LogP contribution is -2.46. The number of hydrogen-bond donors (Lipinski definition) is 3. The average Bonchev–Trinajstić information content (AvgIpc) is 2.96. The van der Waals surface area contributed by atoms with Crippen LogP contribution in [0.4, 0.5) is 4.79 Å². The van der Waals surface area contributed by atoms with Crippen molar-refractivity contribution in [2.45, 2.75) is 44.2 Å². The molecule has 1 atom stereocenters. The Morgan fingerprint density at radius 3 is 2.61 bits per heavy atom. The van der Waals surface area contributed by atoms with Crippen molar-refractivity contribution < 1.29 is 19.4 Å². The first-order valence-corrected chi connectivity index (χ1v) is 8.13. The summed E-state index contributed by atoms with van der Waals surface area (Å²) in [6, 6.07) is 7.76. The molecule has 1 aromatic carbocycles. The van der Waals surface area contributed by atoms with E-state index in [0.717, 1.165) is 25.0 Å². The van der Waals surface area contributed by atoms with Crippen molar-refractivity contribution in [2.75, 3.05) is 6.54 Å². The largest absolute Gasteiger partial charge is 0.488 e. The number of benzene rings is 1. The molecule has 1 aliphatic heterocycles. The smallest absolute Gasteiger partial charge is 0.315 e. The van der Waals surface area contributed by atoms with Crippen molar-refractivity contribution in [1.82, 2.24) is 10.6 Å². The molecule has 2 aliphatic rings. The van der Waals surface area contributed by atoms with Gasteiger partial charge in [0.25, 0.3) is 0 Å². The Balaban J connectivity index is 1.37. The van der Waals surface area contributed by atoms with Gasteiger partial charge in [-0.15, -0.1) is 0 Å². The van der Waals surface area contributed by atoms with E-state index in [2.05, 4.69) is 10.6 Å².